The molecular weight excluding hydrogens is 382 g/mol. The predicted octanol–water partition coefficient (Wildman–Crippen LogP) is 6.04. The number of imidazole rings is 1. The fraction of sp³-hybridized carbons (Fsp3) is 0.333. The van der Waals surface area contributed by atoms with E-state index in [1.54, 1.807) is 0 Å². The first-order valence-electron chi connectivity index (χ1n) is 11.0. The van der Waals surface area contributed by atoms with Crippen LogP contribution in [-0.2, 0) is 11.8 Å². The normalized spacial score (nSPS) is 25.0. The molecule has 4 heteroatoms. The van der Waals surface area contributed by atoms with E-state index < -0.39 is 0 Å². The molecule has 1 N–H and O–H groups in total. The van der Waals surface area contributed by atoms with E-state index >= 15 is 0 Å². The second-order valence-electron chi connectivity index (χ2n) is 9.21. The molecule has 0 radical (unpaired) electrons. The number of nitriles is 1. The monoisotopic (exact) mass is 409 g/mol. The zero-order chi connectivity index (χ0) is 21.8. The number of hydrogen-bond donors (Lipinski definition) is 1. The molecule has 0 fully saturated rings. The number of aliphatic hydroxyl groups is 1. The summed E-state index contributed by atoms with van der Waals surface area (Å²) in [6.45, 7) is 6.34. The molecule has 0 saturated heterocycles. The summed E-state index contributed by atoms with van der Waals surface area (Å²) in [5.41, 5.74) is 6.12. The van der Waals surface area contributed by atoms with E-state index in [4.69, 9.17) is 4.98 Å². The van der Waals surface area contributed by atoms with Crippen molar-refractivity contribution in [3.05, 3.63) is 83.1 Å². The van der Waals surface area contributed by atoms with Crippen molar-refractivity contribution in [3.8, 4) is 22.9 Å². The van der Waals surface area contributed by atoms with E-state index in [2.05, 4.69) is 73.0 Å². The van der Waals surface area contributed by atoms with Gasteiger partial charge in [-0.2, -0.15) is 5.26 Å². The maximum Gasteiger partial charge on any atom is 0.110 e. The Hall–Kier alpha value is -3.32. The molecule has 4 nitrogen and oxygen atoms in total. The van der Waals surface area contributed by atoms with Crippen LogP contribution in [0.5, 0.6) is 0 Å². The fourth-order valence-corrected chi connectivity index (χ4v) is 5.89. The molecule has 0 spiro atoms. The first-order valence-corrected chi connectivity index (χ1v) is 11.0. The van der Waals surface area contributed by atoms with Crippen molar-refractivity contribution in [2.75, 3.05) is 0 Å². The maximum absolute atomic E-state index is 10.5. The second-order valence-corrected chi connectivity index (χ2v) is 9.21. The van der Waals surface area contributed by atoms with Gasteiger partial charge in [-0.1, -0.05) is 56.3 Å². The molecular formula is C27H27N3O. The van der Waals surface area contributed by atoms with Crippen molar-refractivity contribution in [2.45, 2.75) is 45.4 Å². The van der Waals surface area contributed by atoms with Crippen LogP contribution in [0.2, 0.25) is 0 Å². The zero-order valence-electron chi connectivity index (χ0n) is 18.3. The number of rotatable bonds is 2. The minimum atomic E-state index is -0.239. The van der Waals surface area contributed by atoms with Crippen molar-refractivity contribution in [3.63, 3.8) is 0 Å². The first-order chi connectivity index (χ1) is 14.9. The molecule has 1 heterocycles. The highest BCUT2D eigenvalue weighted by molar-refractivity contribution is 5.66. The van der Waals surface area contributed by atoms with E-state index in [9.17, 15) is 10.4 Å². The van der Waals surface area contributed by atoms with Crippen molar-refractivity contribution in [1.29, 1.82) is 5.26 Å². The molecule has 2 aromatic carbocycles. The number of aryl methyl sites for hydroxylation is 1. The van der Waals surface area contributed by atoms with Gasteiger partial charge in [0.1, 0.15) is 11.6 Å². The van der Waals surface area contributed by atoms with Crippen molar-refractivity contribution in [2.24, 2.45) is 11.8 Å². The number of allylic oxidation sites excluding steroid dienone is 2. The second kappa shape index (κ2) is 7.13. The van der Waals surface area contributed by atoms with Crippen molar-refractivity contribution in [1.82, 2.24) is 9.55 Å². The van der Waals surface area contributed by atoms with Gasteiger partial charge in [-0.25, -0.2) is 4.98 Å². The lowest BCUT2D eigenvalue weighted by molar-refractivity contribution is 0.135. The summed E-state index contributed by atoms with van der Waals surface area (Å²) in [5.74, 6) is 1.52. The van der Waals surface area contributed by atoms with Gasteiger partial charge in [0.15, 0.2) is 0 Å². The van der Waals surface area contributed by atoms with Crippen LogP contribution in [0.3, 0.4) is 0 Å². The molecule has 0 bridgehead atoms. The Morgan fingerprint density at radius 1 is 1.13 bits per heavy atom. The number of fused-ring (bicyclic) bond motifs is 3. The van der Waals surface area contributed by atoms with Crippen LogP contribution in [0.4, 0.5) is 0 Å². The Morgan fingerprint density at radius 2 is 1.87 bits per heavy atom. The van der Waals surface area contributed by atoms with Gasteiger partial charge in [0.2, 0.25) is 0 Å². The van der Waals surface area contributed by atoms with Gasteiger partial charge in [0, 0.05) is 22.7 Å². The summed E-state index contributed by atoms with van der Waals surface area (Å²) in [6.07, 6.45) is 2.46. The third-order valence-electron chi connectivity index (χ3n) is 7.43. The van der Waals surface area contributed by atoms with Crippen LogP contribution in [0.1, 0.15) is 43.9 Å². The molecule has 2 aliphatic carbocycles. The van der Waals surface area contributed by atoms with Crippen molar-refractivity contribution < 1.29 is 5.11 Å². The molecule has 0 aliphatic heterocycles. The highest BCUT2D eigenvalue weighted by atomic mass is 16.3. The van der Waals surface area contributed by atoms with Crippen molar-refractivity contribution >= 4 is 0 Å². The molecule has 1 unspecified atom stereocenters. The van der Waals surface area contributed by atoms with Gasteiger partial charge in [0.05, 0.1) is 17.3 Å². The smallest absolute Gasteiger partial charge is 0.110 e. The van der Waals surface area contributed by atoms with Gasteiger partial charge < -0.3 is 9.67 Å². The average Bonchev–Trinajstić information content (AvgIpc) is 3.14. The summed E-state index contributed by atoms with van der Waals surface area (Å²) < 4.78 is 2.29. The third kappa shape index (κ3) is 2.91. The van der Waals surface area contributed by atoms with Crippen LogP contribution < -0.4 is 0 Å². The lowest BCUT2D eigenvalue weighted by Crippen LogP contribution is -2.44. The van der Waals surface area contributed by atoms with Crippen LogP contribution in [0.25, 0.3) is 16.8 Å². The van der Waals surface area contributed by atoms with Gasteiger partial charge in [0.25, 0.3) is 0 Å². The quantitative estimate of drug-likeness (QED) is 0.561. The van der Waals surface area contributed by atoms with Gasteiger partial charge in [-0.15, -0.1) is 0 Å². The van der Waals surface area contributed by atoms with E-state index in [1.165, 1.54) is 16.8 Å². The Morgan fingerprint density at radius 3 is 2.61 bits per heavy atom. The Kier molecular flexibility index (Phi) is 4.51. The van der Waals surface area contributed by atoms with Crippen LogP contribution in [-0.4, -0.2) is 14.7 Å². The molecule has 5 rings (SSSR count). The minimum absolute atomic E-state index is 0.0200. The van der Waals surface area contributed by atoms with Crippen LogP contribution in [0.15, 0.2) is 65.9 Å². The zero-order valence-corrected chi connectivity index (χ0v) is 18.3. The number of hydrogen-bond acceptors (Lipinski definition) is 3. The predicted molar refractivity (Wildman–Crippen MR) is 122 cm³/mol. The first kappa shape index (κ1) is 19.6. The van der Waals surface area contributed by atoms with E-state index in [1.807, 2.05) is 13.0 Å². The van der Waals surface area contributed by atoms with Crippen LogP contribution in [0, 0.1) is 30.1 Å². The van der Waals surface area contributed by atoms with E-state index in [-0.39, 0.29) is 23.0 Å². The highest BCUT2D eigenvalue weighted by Crippen LogP contribution is 2.53. The number of nitrogens with zero attached hydrogens (tertiary/aromatic N) is 3. The molecule has 0 amide bonds. The number of benzene rings is 2. The summed E-state index contributed by atoms with van der Waals surface area (Å²) >= 11 is 0. The lowest BCUT2D eigenvalue weighted by Gasteiger charge is -2.46. The average molecular weight is 410 g/mol. The molecule has 31 heavy (non-hydrogen) atoms. The highest BCUT2D eigenvalue weighted by Gasteiger charge is 2.50. The summed E-state index contributed by atoms with van der Waals surface area (Å²) in [6, 6.07) is 21.3. The standard InChI is InChI=1S/C27H27N3O/c1-17-23-12-13-24-26(27(23,3)15-21(16-28)25(17)31)29-18(2)30(24)22-11-7-10-20(14-22)19-8-5-4-6-9-19/h4-11,14,17,23,31H,12-13,15H2,1-3H3/t17-,23?,27-/m0/s1. The Labute approximate surface area is 183 Å². The van der Waals surface area contributed by atoms with E-state index in [0.29, 0.717) is 12.0 Å². The number of aromatic nitrogens is 2. The number of aliphatic hydroxyl groups excluding tert-OH is 1. The summed E-state index contributed by atoms with van der Waals surface area (Å²) in [7, 11) is 0. The maximum atomic E-state index is 10.5. The molecule has 2 aliphatic rings. The van der Waals surface area contributed by atoms with Gasteiger partial charge >= 0.3 is 0 Å². The van der Waals surface area contributed by atoms with Gasteiger partial charge in [-0.3, -0.25) is 0 Å². The molecule has 1 aromatic heterocycles. The lowest BCUT2D eigenvalue weighted by atomic mass is 9.57. The minimum Gasteiger partial charge on any atom is -0.511 e. The summed E-state index contributed by atoms with van der Waals surface area (Å²) in [5, 5.41) is 20.2. The SMILES string of the molecule is Cc1nc2c(n1-c1cccc(-c3ccccc3)c1)CCC1[C@H](C)C(O)=C(C#N)C[C@]21C. The van der Waals surface area contributed by atoms with Gasteiger partial charge in [-0.05, 0) is 55.4 Å². The largest absolute Gasteiger partial charge is 0.511 e. The fourth-order valence-electron chi connectivity index (χ4n) is 5.89. The molecule has 0 saturated carbocycles. The van der Waals surface area contributed by atoms with Crippen LogP contribution >= 0.6 is 0 Å². The summed E-state index contributed by atoms with van der Waals surface area (Å²) in [4.78, 5) is 5.06. The Bertz CT molecular complexity index is 1230. The topological polar surface area (TPSA) is 61.8 Å². The van der Waals surface area contributed by atoms with E-state index in [0.717, 1.165) is 30.0 Å². The molecule has 3 atom stereocenters. The third-order valence-corrected chi connectivity index (χ3v) is 7.43. The Balaban J connectivity index is 1.63. The molecule has 156 valence electrons. The molecule has 3 aromatic rings.